The van der Waals surface area contributed by atoms with Crippen molar-refractivity contribution in [3.63, 3.8) is 0 Å². The van der Waals surface area contributed by atoms with Gasteiger partial charge < -0.3 is 18.9 Å². The third-order valence-electron chi connectivity index (χ3n) is 2.32. The molecule has 0 radical (unpaired) electrons. The topological polar surface area (TPSA) is 71.1 Å². The average Bonchev–Trinajstić information content (AvgIpc) is 2.42. The third kappa shape index (κ3) is 10.8. The van der Waals surface area contributed by atoms with Crippen molar-refractivity contribution in [2.75, 3.05) is 26.4 Å². The van der Waals surface area contributed by atoms with Crippen LogP contribution in [0.25, 0.3) is 0 Å². The predicted molar refractivity (Wildman–Crippen MR) is 73.3 cm³/mol. The molecule has 0 N–H and O–H groups in total. The van der Waals surface area contributed by atoms with Crippen LogP contribution < -0.4 is 0 Å². The van der Waals surface area contributed by atoms with Crippen LogP contribution in [0.2, 0.25) is 0 Å². The molecule has 0 aromatic rings. The van der Waals surface area contributed by atoms with Gasteiger partial charge in [0.05, 0.1) is 26.4 Å². The van der Waals surface area contributed by atoms with E-state index in [4.69, 9.17) is 18.9 Å². The first-order valence-electron chi connectivity index (χ1n) is 7.04. The van der Waals surface area contributed by atoms with Gasteiger partial charge in [-0.1, -0.05) is 13.8 Å². The van der Waals surface area contributed by atoms with Crippen LogP contribution in [0.5, 0.6) is 0 Å². The lowest BCUT2D eigenvalue weighted by molar-refractivity contribution is -0.153. The highest BCUT2D eigenvalue weighted by molar-refractivity contribution is 5.69. The second-order valence-electron chi connectivity index (χ2n) is 4.46. The molecule has 20 heavy (non-hydrogen) atoms. The average molecular weight is 290 g/mol. The highest BCUT2D eigenvalue weighted by Gasteiger charge is 2.08. The van der Waals surface area contributed by atoms with Gasteiger partial charge >= 0.3 is 11.9 Å². The molecule has 0 aromatic heterocycles. The normalized spacial score (nSPS) is 13.6. The quantitative estimate of drug-likeness (QED) is 0.426. The Morgan fingerprint density at radius 1 is 0.800 bits per heavy atom. The summed E-state index contributed by atoms with van der Waals surface area (Å²) in [5.74, 6) is -0.465. The fourth-order valence-electron chi connectivity index (χ4n) is 1.30. The van der Waals surface area contributed by atoms with Gasteiger partial charge in [-0.05, 0) is 13.8 Å². The lowest BCUT2D eigenvalue weighted by Crippen LogP contribution is -2.23. The summed E-state index contributed by atoms with van der Waals surface area (Å²) in [6, 6.07) is 0. The van der Waals surface area contributed by atoms with Crippen molar-refractivity contribution in [3.8, 4) is 0 Å². The standard InChI is InChI=1S/C14H26O6/c1-5-13(15)19-11(3)9-17-7-8-18-10-12(4)20-14(16)6-2/h11-12H,5-10H2,1-4H3. The zero-order valence-electron chi connectivity index (χ0n) is 12.8. The van der Waals surface area contributed by atoms with Crippen LogP contribution in [0.3, 0.4) is 0 Å². The molecular formula is C14H26O6. The maximum absolute atomic E-state index is 11.0. The van der Waals surface area contributed by atoms with Gasteiger partial charge in [0.1, 0.15) is 12.2 Å². The van der Waals surface area contributed by atoms with Crippen molar-refractivity contribution in [1.82, 2.24) is 0 Å². The summed E-state index contributed by atoms with van der Waals surface area (Å²) in [4.78, 5) is 22.0. The Bertz CT molecular complexity index is 251. The lowest BCUT2D eigenvalue weighted by Gasteiger charge is -2.14. The first kappa shape index (κ1) is 18.9. The zero-order valence-corrected chi connectivity index (χ0v) is 12.8. The molecule has 2 unspecified atom stereocenters. The van der Waals surface area contributed by atoms with Gasteiger partial charge in [-0.25, -0.2) is 0 Å². The van der Waals surface area contributed by atoms with Crippen LogP contribution in [0.15, 0.2) is 0 Å². The summed E-state index contributed by atoms with van der Waals surface area (Å²) in [5, 5.41) is 0. The van der Waals surface area contributed by atoms with Crippen LogP contribution in [-0.2, 0) is 28.5 Å². The molecule has 118 valence electrons. The maximum Gasteiger partial charge on any atom is 0.305 e. The van der Waals surface area contributed by atoms with Crippen molar-refractivity contribution < 1.29 is 28.5 Å². The SMILES string of the molecule is CCC(=O)OC(C)COCCOCC(C)OC(=O)CC. The summed E-state index contributed by atoms with van der Waals surface area (Å²) in [6.45, 7) is 8.55. The minimum atomic E-state index is -0.258. The van der Waals surface area contributed by atoms with E-state index in [2.05, 4.69) is 0 Å². The number of carbonyl (C=O) groups excluding carboxylic acids is 2. The zero-order chi connectivity index (χ0) is 15.4. The monoisotopic (exact) mass is 290 g/mol. The third-order valence-corrected chi connectivity index (χ3v) is 2.32. The van der Waals surface area contributed by atoms with Crippen molar-refractivity contribution in [2.45, 2.75) is 52.7 Å². The number of ether oxygens (including phenoxy) is 4. The first-order valence-corrected chi connectivity index (χ1v) is 7.04. The lowest BCUT2D eigenvalue weighted by atomic mass is 10.4. The fourth-order valence-corrected chi connectivity index (χ4v) is 1.30. The molecule has 0 aliphatic carbocycles. The number of rotatable bonds is 11. The van der Waals surface area contributed by atoms with E-state index in [9.17, 15) is 9.59 Å². The molecular weight excluding hydrogens is 264 g/mol. The Hall–Kier alpha value is -1.14. The van der Waals surface area contributed by atoms with Crippen molar-refractivity contribution in [2.24, 2.45) is 0 Å². The molecule has 0 aliphatic rings. The molecule has 0 rings (SSSR count). The van der Waals surface area contributed by atoms with Crippen LogP contribution in [0.1, 0.15) is 40.5 Å². The second kappa shape index (κ2) is 11.7. The molecule has 0 aromatic carbocycles. The fraction of sp³-hybridized carbons (Fsp3) is 0.857. The molecule has 0 bridgehead atoms. The van der Waals surface area contributed by atoms with Crippen LogP contribution >= 0.6 is 0 Å². The Morgan fingerprint density at radius 2 is 1.15 bits per heavy atom. The predicted octanol–water partition coefficient (Wildman–Crippen LogP) is 1.70. The molecule has 0 amide bonds. The van der Waals surface area contributed by atoms with E-state index >= 15 is 0 Å². The number of hydrogen-bond donors (Lipinski definition) is 0. The summed E-state index contributed by atoms with van der Waals surface area (Å²) < 4.78 is 20.7. The maximum atomic E-state index is 11.0. The molecule has 0 saturated heterocycles. The minimum Gasteiger partial charge on any atom is -0.460 e. The highest BCUT2D eigenvalue weighted by atomic mass is 16.6. The highest BCUT2D eigenvalue weighted by Crippen LogP contribution is 1.97. The number of hydrogen-bond acceptors (Lipinski definition) is 6. The van der Waals surface area contributed by atoms with Gasteiger partial charge in [0.15, 0.2) is 0 Å². The summed E-state index contributed by atoms with van der Waals surface area (Å²) in [7, 11) is 0. The molecule has 6 heteroatoms. The Labute approximate surface area is 120 Å². The Balaban J connectivity index is 3.44. The van der Waals surface area contributed by atoms with Gasteiger partial charge in [0.2, 0.25) is 0 Å². The number of esters is 2. The molecule has 6 nitrogen and oxygen atoms in total. The van der Waals surface area contributed by atoms with Gasteiger partial charge in [0.25, 0.3) is 0 Å². The second-order valence-corrected chi connectivity index (χ2v) is 4.46. The van der Waals surface area contributed by atoms with Gasteiger partial charge in [-0.3, -0.25) is 9.59 Å². The van der Waals surface area contributed by atoms with Crippen LogP contribution in [0, 0.1) is 0 Å². The van der Waals surface area contributed by atoms with E-state index < -0.39 is 0 Å². The largest absolute Gasteiger partial charge is 0.460 e. The molecule has 0 aliphatic heterocycles. The van der Waals surface area contributed by atoms with Crippen molar-refractivity contribution in [3.05, 3.63) is 0 Å². The van der Waals surface area contributed by atoms with E-state index in [-0.39, 0.29) is 24.1 Å². The smallest absolute Gasteiger partial charge is 0.305 e. The Kier molecular flexibility index (Phi) is 11.0. The van der Waals surface area contributed by atoms with Crippen molar-refractivity contribution in [1.29, 1.82) is 0 Å². The summed E-state index contributed by atoms with van der Waals surface area (Å²) >= 11 is 0. The van der Waals surface area contributed by atoms with E-state index in [1.54, 1.807) is 27.7 Å². The van der Waals surface area contributed by atoms with E-state index in [1.165, 1.54) is 0 Å². The molecule has 2 atom stereocenters. The summed E-state index contributed by atoms with van der Waals surface area (Å²) in [6.07, 6.45) is 0.211. The molecule has 0 heterocycles. The van der Waals surface area contributed by atoms with E-state index in [0.717, 1.165) is 0 Å². The van der Waals surface area contributed by atoms with Gasteiger partial charge in [-0.2, -0.15) is 0 Å². The van der Waals surface area contributed by atoms with Gasteiger partial charge in [-0.15, -0.1) is 0 Å². The van der Waals surface area contributed by atoms with Crippen LogP contribution in [0.4, 0.5) is 0 Å². The summed E-state index contributed by atoms with van der Waals surface area (Å²) in [5.41, 5.74) is 0. The molecule has 0 spiro atoms. The van der Waals surface area contributed by atoms with E-state index in [1.807, 2.05) is 0 Å². The number of carbonyl (C=O) groups is 2. The van der Waals surface area contributed by atoms with E-state index in [0.29, 0.717) is 39.3 Å². The van der Waals surface area contributed by atoms with Crippen LogP contribution in [-0.4, -0.2) is 50.6 Å². The Morgan fingerprint density at radius 3 is 1.45 bits per heavy atom. The van der Waals surface area contributed by atoms with Gasteiger partial charge in [0, 0.05) is 12.8 Å². The minimum absolute atomic E-state index is 0.232. The molecule has 0 saturated carbocycles. The van der Waals surface area contributed by atoms with Crippen molar-refractivity contribution >= 4 is 11.9 Å². The molecule has 0 fully saturated rings. The first-order chi connectivity index (χ1) is 9.49.